The molecule has 1 aromatic carbocycles. The van der Waals surface area contributed by atoms with E-state index in [4.69, 9.17) is 10.5 Å². The van der Waals surface area contributed by atoms with Crippen LogP contribution in [0.15, 0.2) is 24.4 Å². The molecular weight excluding hydrogens is 607 g/mol. The van der Waals surface area contributed by atoms with Gasteiger partial charge in [0.15, 0.2) is 17.1 Å². The molecule has 2 amide bonds. The first kappa shape index (κ1) is 33.0. The summed E-state index contributed by atoms with van der Waals surface area (Å²) in [6.07, 6.45) is -2.74. The van der Waals surface area contributed by atoms with E-state index in [1.165, 1.54) is 17.8 Å². The van der Waals surface area contributed by atoms with Crippen LogP contribution in [0.1, 0.15) is 45.7 Å². The van der Waals surface area contributed by atoms with Crippen molar-refractivity contribution in [3.8, 4) is 5.69 Å². The van der Waals surface area contributed by atoms with Gasteiger partial charge in [0.05, 0.1) is 42.2 Å². The van der Waals surface area contributed by atoms with Gasteiger partial charge in [-0.2, -0.15) is 13.2 Å². The lowest BCUT2D eigenvalue weighted by atomic mass is 10.1. The molecule has 14 nitrogen and oxygen atoms in total. The number of carbonyl (C=O) groups is 2. The number of benzene rings is 1. The summed E-state index contributed by atoms with van der Waals surface area (Å²) in [6.45, 7) is 9.88. The molecule has 0 saturated carbocycles. The van der Waals surface area contributed by atoms with Crippen LogP contribution in [0.5, 0.6) is 0 Å². The van der Waals surface area contributed by atoms with Crippen LogP contribution in [0.4, 0.5) is 30.4 Å². The van der Waals surface area contributed by atoms with Crippen molar-refractivity contribution in [2.24, 2.45) is 0 Å². The first-order chi connectivity index (χ1) is 21.9. The van der Waals surface area contributed by atoms with E-state index in [1.54, 1.807) is 18.2 Å². The van der Waals surface area contributed by atoms with Crippen LogP contribution in [0.3, 0.4) is 0 Å². The Hall–Kier alpha value is -4.35. The smallest absolute Gasteiger partial charge is 0.382 e. The van der Waals surface area contributed by atoms with E-state index < -0.39 is 29.3 Å². The van der Waals surface area contributed by atoms with E-state index >= 15 is 0 Å². The van der Waals surface area contributed by atoms with E-state index in [9.17, 15) is 22.8 Å². The highest BCUT2D eigenvalue weighted by Gasteiger charge is 2.39. The largest absolute Gasteiger partial charge is 0.435 e. The summed E-state index contributed by atoms with van der Waals surface area (Å²) >= 11 is 0. The molecule has 0 aliphatic carbocycles. The van der Waals surface area contributed by atoms with Crippen molar-refractivity contribution in [3.05, 3.63) is 47.2 Å². The normalized spacial score (nSPS) is 18.0. The second kappa shape index (κ2) is 14.0. The van der Waals surface area contributed by atoms with Crippen LogP contribution in [0, 0.1) is 6.92 Å². The summed E-state index contributed by atoms with van der Waals surface area (Å²) in [5.41, 5.74) is 4.57. The van der Waals surface area contributed by atoms with Crippen molar-refractivity contribution in [1.29, 1.82) is 0 Å². The molecule has 4 N–H and O–H groups in total. The predicted molar refractivity (Wildman–Crippen MR) is 164 cm³/mol. The fraction of sp³-hybridized carbons (Fsp3) is 0.517. The number of halogens is 3. The zero-order valence-corrected chi connectivity index (χ0v) is 26.0. The number of hydrogen-bond donors (Lipinski definition) is 3. The quantitative estimate of drug-likeness (QED) is 0.291. The van der Waals surface area contributed by atoms with E-state index in [0.717, 1.165) is 32.6 Å². The van der Waals surface area contributed by atoms with Gasteiger partial charge in [0, 0.05) is 45.3 Å². The number of hydrogen-bond acceptors (Lipinski definition) is 11. The van der Waals surface area contributed by atoms with Gasteiger partial charge in [0.1, 0.15) is 5.82 Å². The van der Waals surface area contributed by atoms with Crippen molar-refractivity contribution in [2.75, 3.05) is 82.0 Å². The molecule has 2 saturated heterocycles. The summed E-state index contributed by atoms with van der Waals surface area (Å²) in [5.74, 6) is -1.90. The molecule has 0 radical (unpaired) electrons. The second-order valence-electron chi connectivity index (χ2n) is 11.4. The number of nitrogens with one attached hydrogen (secondary N) is 2. The standard InChI is InChI=1S/C29H38F3N11O3/c1-18-16-42(10-9-40(18)3)23-6-5-20(15-21(23)36-28(45)24-25(29(30,31)32)37-26(33)19(2)35-24)43-17-22(38-39-43)27(44)34-7-4-8-41-11-13-46-14-12-41/h5-6,15,17-18H,4,7-14,16H2,1-3H3,(H2,33,37)(H,34,44)(H,36,45)/t18-/m1/s1. The fourth-order valence-electron chi connectivity index (χ4n) is 5.29. The lowest BCUT2D eigenvalue weighted by Gasteiger charge is -2.39. The van der Waals surface area contributed by atoms with Crippen LogP contribution in [0.25, 0.3) is 5.69 Å². The van der Waals surface area contributed by atoms with Crippen molar-refractivity contribution in [1.82, 2.24) is 40.1 Å². The molecular formula is C29H38F3N11O3. The number of aromatic nitrogens is 5. The minimum Gasteiger partial charge on any atom is -0.382 e. The monoisotopic (exact) mass is 645 g/mol. The van der Waals surface area contributed by atoms with Gasteiger partial charge in [-0.05, 0) is 52.1 Å². The first-order valence-electron chi connectivity index (χ1n) is 15.0. The zero-order chi connectivity index (χ0) is 33.0. The summed E-state index contributed by atoms with van der Waals surface area (Å²) in [4.78, 5) is 39.9. The minimum absolute atomic E-state index is 0.00506. The van der Waals surface area contributed by atoms with E-state index in [2.05, 4.69) is 47.6 Å². The number of nitrogens with zero attached hydrogens (tertiary/aromatic N) is 8. The van der Waals surface area contributed by atoms with Crippen LogP contribution >= 0.6 is 0 Å². The first-order valence-corrected chi connectivity index (χ1v) is 15.0. The minimum atomic E-state index is -4.96. The van der Waals surface area contributed by atoms with E-state index in [-0.39, 0.29) is 29.0 Å². The number of piperazine rings is 1. The van der Waals surface area contributed by atoms with Crippen LogP contribution < -0.4 is 21.3 Å². The molecule has 0 unspecified atom stereocenters. The van der Waals surface area contributed by atoms with Crippen LogP contribution in [-0.4, -0.2) is 119 Å². The van der Waals surface area contributed by atoms with Gasteiger partial charge in [-0.1, -0.05) is 5.21 Å². The number of alkyl halides is 3. The van der Waals surface area contributed by atoms with Crippen molar-refractivity contribution in [2.45, 2.75) is 32.5 Å². The molecule has 46 heavy (non-hydrogen) atoms. The van der Waals surface area contributed by atoms with Crippen LogP contribution in [0.2, 0.25) is 0 Å². The lowest BCUT2D eigenvalue weighted by molar-refractivity contribution is -0.141. The maximum atomic E-state index is 13.8. The molecule has 17 heteroatoms. The number of amides is 2. The lowest BCUT2D eigenvalue weighted by Crippen LogP contribution is -2.50. The van der Waals surface area contributed by atoms with Gasteiger partial charge in [0.25, 0.3) is 11.8 Å². The van der Waals surface area contributed by atoms with E-state index in [0.29, 0.717) is 44.2 Å². The highest BCUT2D eigenvalue weighted by Crippen LogP contribution is 2.34. The highest BCUT2D eigenvalue weighted by atomic mass is 19.4. The van der Waals surface area contributed by atoms with Gasteiger partial charge >= 0.3 is 6.18 Å². The number of ether oxygens (including phenoxy) is 1. The number of likely N-dealkylation sites (N-methyl/N-ethyl adjacent to an activating group) is 1. The molecule has 248 valence electrons. The number of morpholine rings is 1. The molecule has 0 bridgehead atoms. The van der Waals surface area contributed by atoms with Gasteiger partial charge < -0.3 is 30.9 Å². The summed E-state index contributed by atoms with van der Waals surface area (Å²) < 4.78 is 48.2. The highest BCUT2D eigenvalue weighted by molar-refractivity contribution is 6.06. The number of rotatable bonds is 9. The molecule has 2 aliphatic heterocycles. The van der Waals surface area contributed by atoms with Crippen LogP contribution in [-0.2, 0) is 10.9 Å². The molecule has 2 aromatic heterocycles. The molecule has 4 heterocycles. The van der Waals surface area contributed by atoms with Crippen molar-refractivity contribution >= 4 is 29.0 Å². The Labute approximate surface area is 264 Å². The fourth-order valence-corrected chi connectivity index (χ4v) is 5.29. The number of anilines is 3. The number of aryl methyl sites for hydroxylation is 1. The Balaban J connectivity index is 1.37. The Kier molecular flexibility index (Phi) is 10.0. The van der Waals surface area contributed by atoms with Crippen molar-refractivity contribution in [3.63, 3.8) is 0 Å². The Morgan fingerprint density at radius 3 is 2.59 bits per heavy atom. The molecule has 1 atom stereocenters. The SMILES string of the molecule is Cc1nc(C(=O)Nc2cc(-n3cc(C(=O)NCCCN4CCOCC4)nn3)ccc2N2CCN(C)[C@H](C)C2)c(C(F)(F)F)nc1N. The molecule has 2 aliphatic rings. The van der Waals surface area contributed by atoms with E-state index in [1.807, 2.05) is 11.9 Å². The molecule has 3 aromatic rings. The average molecular weight is 646 g/mol. The van der Waals surface area contributed by atoms with Gasteiger partial charge in [0.2, 0.25) is 0 Å². The topological polar surface area (TPSA) is 160 Å². The Morgan fingerprint density at radius 1 is 1.11 bits per heavy atom. The number of carbonyl (C=O) groups excluding carboxylic acids is 2. The van der Waals surface area contributed by atoms with Crippen molar-refractivity contribution < 1.29 is 27.5 Å². The molecule has 2 fully saturated rings. The maximum Gasteiger partial charge on any atom is 0.435 e. The summed E-state index contributed by atoms with van der Waals surface area (Å²) in [6, 6.07) is 5.24. The van der Waals surface area contributed by atoms with Gasteiger partial charge in [-0.25, -0.2) is 14.6 Å². The second-order valence-corrected chi connectivity index (χ2v) is 11.4. The van der Waals surface area contributed by atoms with Gasteiger partial charge in [-0.15, -0.1) is 5.10 Å². The molecule has 0 spiro atoms. The number of nitrogen functional groups attached to an aromatic ring is 1. The maximum absolute atomic E-state index is 13.8. The number of nitrogens with two attached hydrogens (primary N) is 1. The molecule has 5 rings (SSSR count). The van der Waals surface area contributed by atoms with Gasteiger partial charge in [-0.3, -0.25) is 14.5 Å². The third-order valence-corrected chi connectivity index (χ3v) is 8.15. The third-order valence-electron chi connectivity index (χ3n) is 8.15. The summed E-state index contributed by atoms with van der Waals surface area (Å²) in [7, 11) is 2.01. The average Bonchev–Trinajstić information content (AvgIpc) is 3.52. The third kappa shape index (κ3) is 7.71. The predicted octanol–water partition coefficient (Wildman–Crippen LogP) is 1.81. The Bertz CT molecular complexity index is 1560. The summed E-state index contributed by atoms with van der Waals surface area (Å²) in [5, 5.41) is 13.6. The zero-order valence-electron chi connectivity index (χ0n) is 26.0. The Morgan fingerprint density at radius 2 is 1.87 bits per heavy atom.